The van der Waals surface area contributed by atoms with E-state index in [0.29, 0.717) is 6.54 Å². The normalized spacial score (nSPS) is 23.1. The number of hydrogen-bond acceptors (Lipinski definition) is 5. The topological polar surface area (TPSA) is 61.4 Å². The number of morpholine rings is 2. The lowest BCUT2D eigenvalue weighted by Crippen LogP contribution is -2.56. The smallest absolute Gasteiger partial charge is 0.191 e. The second-order valence-corrected chi connectivity index (χ2v) is 9.68. The van der Waals surface area contributed by atoms with Crippen LogP contribution < -0.4 is 10.6 Å². The minimum atomic E-state index is 0. The Morgan fingerprint density at radius 3 is 2.33 bits per heavy atom. The predicted octanol–water partition coefficient (Wildman–Crippen LogP) is 3.08. The predicted molar refractivity (Wildman–Crippen MR) is 146 cm³/mol. The van der Waals surface area contributed by atoms with Crippen molar-refractivity contribution in [2.24, 2.45) is 4.99 Å². The molecule has 0 bridgehead atoms. The molecule has 2 fully saturated rings. The molecule has 0 amide bonds. The second-order valence-electron chi connectivity index (χ2n) is 9.68. The Labute approximate surface area is 217 Å². The van der Waals surface area contributed by atoms with Gasteiger partial charge in [-0.05, 0) is 45.7 Å². The molecule has 0 aliphatic carbocycles. The summed E-state index contributed by atoms with van der Waals surface area (Å²) in [6.45, 7) is 19.8. The van der Waals surface area contributed by atoms with E-state index in [1.165, 1.54) is 11.1 Å². The summed E-state index contributed by atoms with van der Waals surface area (Å²) in [6, 6.07) is 8.68. The van der Waals surface area contributed by atoms with Crippen molar-refractivity contribution in [2.75, 3.05) is 52.5 Å². The van der Waals surface area contributed by atoms with Crippen molar-refractivity contribution in [1.29, 1.82) is 0 Å². The van der Waals surface area contributed by atoms with Gasteiger partial charge in [-0.25, -0.2) is 4.99 Å². The number of halogens is 1. The van der Waals surface area contributed by atoms with Gasteiger partial charge in [-0.3, -0.25) is 9.80 Å². The number of rotatable bonds is 8. The average molecular weight is 574 g/mol. The van der Waals surface area contributed by atoms with Crippen LogP contribution in [0.25, 0.3) is 0 Å². The highest BCUT2D eigenvalue weighted by Crippen LogP contribution is 2.18. The van der Waals surface area contributed by atoms with Crippen LogP contribution in [0.3, 0.4) is 0 Å². The van der Waals surface area contributed by atoms with Crippen LogP contribution in [0, 0.1) is 0 Å². The lowest BCUT2D eigenvalue weighted by molar-refractivity contribution is -0.0705. The molecule has 2 N–H and O–H groups in total. The summed E-state index contributed by atoms with van der Waals surface area (Å²) >= 11 is 0. The molecule has 0 radical (unpaired) electrons. The standard InChI is InChI=1S/C25H43N5O2.HI/c1-6-26-24(28-19-25(4,5)30-11-13-31-14-12-30)27-15-22-9-7-8-10-23(22)18-29-16-20(2)32-21(3)17-29;/h7-10,20-21H,6,11-19H2,1-5H3,(H2,26,27,28);1H. The summed E-state index contributed by atoms with van der Waals surface area (Å²) in [5, 5.41) is 6.98. The van der Waals surface area contributed by atoms with E-state index in [1.807, 2.05) is 0 Å². The lowest BCUT2D eigenvalue weighted by atomic mass is 10.0. The first-order chi connectivity index (χ1) is 15.4. The van der Waals surface area contributed by atoms with Gasteiger partial charge >= 0.3 is 0 Å². The van der Waals surface area contributed by atoms with Gasteiger partial charge in [0, 0.05) is 51.4 Å². The van der Waals surface area contributed by atoms with E-state index in [2.05, 4.69) is 79.3 Å². The highest BCUT2D eigenvalue weighted by Gasteiger charge is 2.28. The molecule has 2 unspecified atom stereocenters. The third-order valence-corrected chi connectivity index (χ3v) is 6.31. The maximum atomic E-state index is 5.90. The summed E-state index contributed by atoms with van der Waals surface area (Å²) in [6.07, 6.45) is 0.562. The van der Waals surface area contributed by atoms with Gasteiger partial charge in [0.1, 0.15) is 0 Å². The largest absolute Gasteiger partial charge is 0.379 e. The summed E-state index contributed by atoms with van der Waals surface area (Å²) in [4.78, 5) is 9.91. The summed E-state index contributed by atoms with van der Waals surface area (Å²) in [7, 11) is 0. The molecular weight excluding hydrogens is 529 g/mol. The van der Waals surface area contributed by atoms with Gasteiger partial charge < -0.3 is 20.1 Å². The SMILES string of the molecule is CCNC(=NCc1ccccc1CN1CC(C)OC(C)C1)NCC(C)(C)N1CCOCC1.I. The molecule has 2 aliphatic heterocycles. The fourth-order valence-electron chi connectivity index (χ4n) is 4.61. The van der Waals surface area contributed by atoms with Crippen molar-refractivity contribution >= 4 is 29.9 Å². The Balaban J connectivity index is 0.00000385. The van der Waals surface area contributed by atoms with Gasteiger partial charge in [0.2, 0.25) is 0 Å². The zero-order valence-electron chi connectivity index (χ0n) is 21.1. The first-order valence-electron chi connectivity index (χ1n) is 12.2. The van der Waals surface area contributed by atoms with Crippen molar-refractivity contribution in [3.05, 3.63) is 35.4 Å². The molecule has 8 heteroatoms. The van der Waals surface area contributed by atoms with Crippen molar-refractivity contribution in [1.82, 2.24) is 20.4 Å². The van der Waals surface area contributed by atoms with E-state index < -0.39 is 0 Å². The molecule has 2 aliphatic rings. The van der Waals surface area contributed by atoms with Crippen LogP contribution in [-0.2, 0) is 22.6 Å². The Morgan fingerprint density at radius 2 is 1.70 bits per heavy atom. The van der Waals surface area contributed by atoms with Gasteiger partial charge in [-0.15, -0.1) is 24.0 Å². The van der Waals surface area contributed by atoms with E-state index >= 15 is 0 Å². The number of aliphatic imine (C=N–C) groups is 1. The Hall–Kier alpha value is -0.940. The lowest BCUT2D eigenvalue weighted by Gasteiger charge is -2.41. The van der Waals surface area contributed by atoms with Crippen LogP contribution in [0.2, 0.25) is 0 Å². The Morgan fingerprint density at radius 1 is 1.06 bits per heavy atom. The maximum absolute atomic E-state index is 5.90. The quantitative estimate of drug-likeness (QED) is 0.283. The second kappa shape index (κ2) is 13.8. The molecule has 1 aromatic rings. The average Bonchev–Trinajstić information content (AvgIpc) is 2.76. The first-order valence-corrected chi connectivity index (χ1v) is 12.2. The van der Waals surface area contributed by atoms with Crippen molar-refractivity contribution in [3.63, 3.8) is 0 Å². The maximum Gasteiger partial charge on any atom is 0.191 e. The van der Waals surface area contributed by atoms with Crippen molar-refractivity contribution < 1.29 is 9.47 Å². The van der Waals surface area contributed by atoms with E-state index in [9.17, 15) is 0 Å². The highest BCUT2D eigenvalue weighted by molar-refractivity contribution is 14.0. The van der Waals surface area contributed by atoms with Crippen LogP contribution in [0.4, 0.5) is 0 Å². The van der Waals surface area contributed by atoms with Gasteiger partial charge in [-0.1, -0.05) is 24.3 Å². The van der Waals surface area contributed by atoms with Crippen LogP contribution in [0.1, 0.15) is 45.7 Å². The number of nitrogens with one attached hydrogen (secondary N) is 2. The summed E-state index contributed by atoms with van der Waals surface area (Å²) < 4.78 is 11.4. The molecule has 1 aromatic carbocycles. The fourth-order valence-corrected chi connectivity index (χ4v) is 4.61. The number of ether oxygens (including phenoxy) is 2. The van der Waals surface area contributed by atoms with Gasteiger partial charge in [0.25, 0.3) is 0 Å². The fraction of sp³-hybridized carbons (Fsp3) is 0.720. The highest BCUT2D eigenvalue weighted by atomic mass is 127. The third-order valence-electron chi connectivity index (χ3n) is 6.31. The third kappa shape index (κ3) is 8.98. The number of nitrogens with zero attached hydrogens (tertiary/aromatic N) is 3. The molecule has 188 valence electrons. The van der Waals surface area contributed by atoms with Crippen LogP contribution in [0.5, 0.6) is 0 Å². The van der Waals surface area contributed by atoms with Crippen molar-refractivity contribution in [2.45, 2.75) is 65.5 Å². The molecule has 33 heavy (non-hydrogen) atoms. The molecular formula is C25H44IN5O2. The number of hydrogen-bond donors (Lipinski definition) is 2. The van der Waals surface area contributed by atoms with E-state index in [4.69, 9.17) is 14.5 Å². The zero-order chi connectivity index (χ0) is 23.0. The molecule has 0 aromatic heterocycles. The molecule has 2 saturated heterocycles. The molecule has 7 nitrogen and oxygen atoms in total. The summed E-state index contributed by atoms with van der Waals surface area (Å²) in [5.74, 6) is 0.872. The van der Waals surface area contributed by atoms with E-state index in [1.54, 1.807) is 0 Å². The van der Waals surface area contributed by atoms with Crippen LogP contribution in [0.15, 0.2) is 29.3 Å². The number of guanidine groups is 1. The van der Waals surface area contributed by atoms with Gasteiger partial charge in [0.15, 0.2) is 5.96 Å². The Bertz CT molecular complexity index is 729. The molecule has 3 rings (SSSR count). The van der Waals surface area contributed by atoms with Gasteiger partial charge in [0.05, 0.1) is 32.0 Å². The van der Waals surface area contributed by atoms with Gasteiger partial charge in [-0.2, -0.15) is 0 Å². The minimum Gasteiger partial charge on any atom is -0.379 e. The molecule has 2 atom stereocenters. The number of benzene rings is 1. The van der Waals surface area contributed by atoms with E-state index in [-0.39, 0.29) is 41.7 Å². The first kappa shape index (κ1) is 28.3. The van der Waals surface area contributed by atoms with Crippen LogP contribution in [-0.4, -0.2) is 86.0 Å². The molecule has 2 heterocycles. The zero-order valence-corrected chi connectivity index (χ0v) is 23.4. The monoisotopic (exact) mass is 573 g/mol. The van der Waals surface area contributed by atoms with E-state index in [0.717, 1.165) is 65.0 Å². The molecule has 0 spiro atoms. The Kier molecular flexibility index (Phi) is 11.9. The molecule has 0 saturated carbocycles. The minimum absolute atomic E-state index is 0. The van der Waals surface area contributed by atoms with Crippen LogP contribution >= 0.6 is 24.0 Å². The summed E-state index contributed by atoms with van der Waals surface area (Å²) in [5.41, 5.74) is 2.67. The van der Waals surface area contributed by atoms with Crippen molar-refractivity contribution in [3.8, 4) is 0 Å².